The molecule has 0 radical (unpaired) electrons. The molecular formula is C10H11N5O2. The van der Waals surface area contributed by atoms with Crippen LogP contribution in [-0.4, -0.2) is 16.2 Å². The molecule has 1 aromatic carbocycles. The van der Waals surface area contributed by atoms with Crippen molar-refractivity contribution in [2.45, 2.75) is 6.54 Å². The molecule has 0 aliphatic carbocycles. The number of carbonyl (C=O) groups is 1. The van der Waals surface area contributed by atoms with Crippen molar-refractivity contribution in [2.75, 3.05) is 5.32 Å². The zero-order valence-electron chi connectivity index (χ0n) is 8.88. The molecule has 2 amide bonds. The smallest absolute Gasteiger partial charge is 0.316 e. The maximum Gasteiger partial charge on any atom is 0.316 e. The van der Waals surface area contributed by atoms with Gasteiger partial charge >= 0.3 is 6.03 Å². The Kier molecular flexibility index (Phi) is 3.01. The van der Waals surface area contributed by atoms with E-state index in [0.29, 0.717) is 23.0 Å². The van der Waals surface area contributed by atoms with Crippen LogP contribution in [0.2, 0.25) is 0 Å². The van der Waals surface area contributed by atoms with Gasteiger partial charge in [-0.1, -0.05) is 17.3 Å². The maximum absolute atomic E-state index is 10.8. The van der Waals surface area contributed by atoms with Crippen LogP contribution in [0.15, 0.2) is 28.8 Å². The fraction of sp³-hybridized carbons (Fsp3) is 0.100. The van der Waals surface area contributed by atoms with E-state index in [-0.39, 0.29) is 6.54 Å². The number of benzene rings is 1. The average Bonchev–Trinajstić information content (AvgIpc) is 2.77. The second-order valence-electron chi connectivity index (χ2n) is 3.25. The first-order chi connectivity index (χ1) is 8.20. The van der Waals surface area contributed by atoms with Crippen LogP contribution < -0.4 is 16.8 Å². The Balaban J connectivity index is 2.40. The monoisotopic (exact) mass is 233 g/mol. The molecule has 0 unspecified atom stereocenters. The van der Waals surface area contributed by atoms with Crippen molar-refractivity contribution in [1.29, 1.82) is 0 Å². The molecule has 2 rings (SSSR count). The first-order valence-electron chi connectivity index (χ1n) is 4.89. The van der Waals surface area contributed by atoms with Crippen molar-refractivity contribution in [1.82, 2.24) is 10.1 Å². The topological polar surface area (TPSA) is 120 Å². The number of anilines is 1. The van der Waals surface area contributed by atoms with Gasteiger partial charge < -0.3 is 21.3 Å². The lowest BCUT2D eigenvalue weighted by atomic mass is 10.1. The molecule has 0 saturated carbocycles. The Morgan fingerprint density at radius 2 is 2.18 bits per heavy atom. The quantitative estimate of drug-likeness (QED) is 0.720. The van der Waals surface area contributed by atoms with E-state index in [1.165, 1.54) is 0 Å². The number of hydrogen-bond donors (Lipinski definition) is 3. The Morgan fingerprint density at radius 1 is 1.41 bits per heavy atom. The summed E-state index contributed by atoms with van der Waals surface area (Å²) in [7, 11) is 0. The lowest BCUT2D eigenvalue weighted by molar-refractivity contribution is 0.259. The number of nitrogens with two attached hydrogens (primary N) is 2. The number of carbonyl (C=O) groups excluding carboxylic acids is 1. The highest BCUT2D eigenvalue weighted by Gasteiger charge is 2.12. The molecule has 88 valence electrons. The van der Waals surface area contributed by atoms with Gasteiger partial charge in [-0.2, -0.15) is 4.98 Å². The van der Waals surface area contributed by atoms with Crippen molar-refractivity contribution in [3.05, 3.63) is 30.2 Å². The van der Waals surface area contributed by atoms with Gasteiger partial charge in [0, 0.05) is 5.56 Å². The van der Waals surface area contributed by atoms with Crippen molar-refractivity contribution in [3.63, 3.8) is 0 Å². The summed E-state index contributed by atoms with van der Waals surface area (Å²) in [5, 5.41) is 6.25. The number of hydrogen-bond acceptors (Lipinski definition) is 5. The minimum Gasteiger partial charge on any atom is -0.351 e. The van der Waals surface area contributed by atoms with Crippen molar-refractivity contribution < 1.29 is 9.32 Å². The molecule has 5 N–H and O–H groups in total. The summed E-state index contributed by atoms with van der Waals surface area (Å²) in [5.74, 6) is 0.684. The normalized spacial score (nSPS) is 10.2. The molecule has 7 nitrogen and oxygen atoms in total. The lowest BCUT2D eigenvalue weighted by Crippen LogP contribution is -2.19. The molecule has 0 aliphatic rings. The zero-order chi connectivity index (χ0) is 12.3. The Labute approximate surface area is 96.8 Å². The third-order valence-corrected chi connectivity index (χ3v) is 2.07. The Hall–Kier alpha value is -2.41. The number of para-hydroxylation sites is 1. The summed E-state index contributed by atoms with van der Waals surface area (Å²) in [5.41, 5.74) is 11.6. The van der Waals surface area contributed by atoms with Crippen LogP contribution in [0.3, 0.4) is 0 Å². The molecule has 1 heterocycles. The Bertz CT molecular complexity index is 537. The fourth-order valence-electron chi connectivity index (χ4n) is 1.37. The van der Waals surface area contributed by atoms with E-state index in [9.17, 15) is 4.79 Å². The van der Waals surface area contributed by atoms with E-state index in [2.05, 4.69) is 15.5 Å². The Morgan fingerprint density at radius 3 is 2.82 bits per heavy atom. The number of amides is 2. The minimum absolute atomic E-state index is 0.165. The summed E-state index contributed by atoms with van der Waals surface area (Å²) >= 11 is 0. The van der Waals surface area contributed by atoms with E-state index in [0.717, 1.165) is 0 Å². The summed E-state index contributed by atoms with van der Waals surface area (Å²) < 4.78 is 4.90. The van der Waals surface area contributed by atoms with Gasteiger partial charge in [0.1, 0.15) is 0 Å². The summed E-state index contributed by atoms with van der Waals surface area (Å²) in [6.07, 6.45) is 0. The van der Waals surface area contributed by atoms with E-state index < -0.39 is 6.03 Å². The second kappa shape index (κ2) is 4.62. The van der Waals surface area contributed by atoms with Crippen LogP contribution in [0, 0.1) is 0 Å². The number of nitrogens with one attached hydrogen (secondary N) is 1. The molecular weight excluding hydrogens is 222 g/mol. The van der Waals surface area contributed by atoms with Gasteiger partial charge in [-0.05, 0) is 12.1 Å². The maximum atomic E-state index is 10.8. The predicted molar refractivity (Wildman–Crippen MR) is 60.8 cm³/mol. The minimum atomic E-state index is -0.653. The van der Waals surface area contributed by atoms with Gasteiger partial charge in [-0.3, -0.25) is 0 Å². The van der Waals surface area contributed by atoms with Crippen LogP contribution in [0.25, 0.3) is 11.4 Å². The molecule has 0 saturated heterocycles. The molecule has 0 atom stereocenters. The van der Waals surface area contributed by atoms with Crippen molar-refractivity contribution in [3.8, 4) is 11.4 Å². The average molecular weight is 233 g/mol. The number of primary amides is 1. The molecule has 0 fully saturated rings. The van der Waals surface area contributed by atoms with Crippen LogP contribution in [0.5, 0.6) is 0 Å². The summed E-state index contributed by atoms with van der Waals surface area (Å²) in [6, 6.07) is 6.34. The zero-order valence-corrected chi connectivity index (χ0v) is 8.88. The van der Waals surface area contributed by atoms with E-state index in [4.69, 9.17) is 16.0 Å². The number of nitrogens with zero attached hydrogens (tertiary/aromatic N) is 2. The lowest BCUT2D eigenvalue weighted by Gasteiger charge is -2.05. The molecule has 0 aliphatic heterocycles. The molecule has 2 aromatic rings. The van der Waals surface area contributed by atoms with Gasteiger partial charge in [0.2, 0.25) is 11.7 Å². The third kappa shape index (κ3) is 2.40. The third-order valence-electron chi connectivity index (χ3n) is 2.07. The van der Waals surface area contributed by atoms with Gasteiger partial charge in [0.05, 0.1) is 12.2 Å². The van der Waals surface area contributed by atoms with Gasteiger partial charge in [0.15, 0.2) is 0 Å². The molecule has 0 spiro atoms. The van der Waals surface area contributed by atoms with Crippen LogP contribution in [0.1, 0.15) is 5.89 Å². The van der Waals surface area contributed by atoms with E-state index in [1.807, 2.05) is 0 Å². The predicted octanol–water partition coefficient (Wildman–Crippen LogP) is 0.686. The van der Waals surface area contributed by atoms with E-state index >= 15 is 0 Å². The van der Waals surface area contributed by atoms with Crippen LogP contribution >= 0.6 is 0 Å². The summed E-state index contributed by atoms with van der Waals surface area (Å²) in [6.45, 7) is 0.165. The van der Waals surface area contributed by atoms with Crippen molar-refractivity contribution in [2.24, 2.45) is 11.5 Å². The molecule has 7 heteroatoms. The number of urea groups is 1. The van der Waals surface area contributed by atoms with Gasteiger partial charge in [-0.15, -0.1) is 0 Å². The van der Waals surface area contributed by atoms with Crippen LogP contribution in [-0.2, 0) is 6.54 Å². The highest BCUT2D eigenvalue weighted by molar-refractivity contribution is 5.92. The van der Waals surface area contributed by atoms with Crippen LogP contribution in [0.4, 0.5) is 10.5 Å². The molecule has 17 heavy (non-hydrogen) atoms. The van der Waals surface area contributed by atoms with Gasteiger partial charge in [0.25, 0.3) is 0 Å². The highest BCUT2D eigenvalue weighted by Crippen LogP contribution is 2.24. The first kappa shape index (κ1) is 11.1. The molecule has 1 aromatic heterocycles. The second-order valence-corrected chi connectivity index (χ2v) is 3.25. The largest absolute Gasteiger partial charge is 0.351 e. The summed E-state index contributed by atoms with van der Waals surface area (Å²) in [4.78, 5) is 14.9. The fourth-order valence-corrected chi connectivity index (χ4v) is 1.37. The number of aromatic nitrogens is 2. The molecule has 0 bridgehead atoms. The van der Waals surface area contributed by atoms with Gasteiger partial charge in [-0.25, -0.2) is 4.79 Å². The first-order valence-corrected chi connectivity index (χ1v) is 4.89. The van der Waals surface area contributed by atoms with E-state index in [1.54, 1.807) is 24.3 Å². The number of rotatable bonds is 3. The standard InChI is InChI=1S/C10H11N5O2/c11-5-8-14-9(15-17-8)6-3-1-2-4-7(6)13-10(12)16/h1-4H,5,11H2,(H3,12,13,16). The van der Waals surface area contributed by atoms with Crippen molar-refractivity contribution >= 4 is 11.7 Å². The SMILES string of the molecule is NCc1nc(-c2ccccc2NC(N)=O)no1. The highest BCUT2D eigenvalue weighted by atomic mass is 16.5.